The Balaban J connectivity index is 2.04. The number of aliphatic carboxylic acids is 1. The number of carbonyl (C=O) groups is 3. The number of carboxylic acid groups (broad SMARTS) is 1. The zero-order valence-corrected chi connectivity index (χ0v) is 12.6. The third-order valence-corrected chi connectivity index (χ3v) is 7.15. The Morgan fingerprint density at radius 3 is 1.62 bits per heavy atom. The number of hydrogen-bond donors (Lipinski definition) is 3. The molecule has 3 rings (SSSR count). The van der Waals surface area contributed by atoms with Crippen LogP contribution in [-0.2, 0) is 14.4 Å². The first kappa shape index (κ1) is 14.0. The lowest BCUT2D eigenvalue weighted by Crippen LogP contribution is -2.36. The highest BCUT2D eigenvalue weighted by Crippen LogP contribution is 2.55. The van der Waals surface area contributed by atoms with Crippen molar-refractivity contribution in [3.8, 4) is 0 Å². The first-order valence-corrected chi connectivity index (χ1v) is 9.14. The fraction of sp³-hybridized carbons (Fsp3) is 0.0714. The van der Waals surface area contributed by atoms with Crippen molar-refractivity contribution in [3.05, 3.63) is 55.7 Å². The van der Waals surface area contributed by atoms with Crippen LogP contribution in [0.4, 0.5) is 0 Å². The number of rotatable bonds is 4. The maximum atomic E-state index is 12.5. The van der Waals surface area contributed by atoms with E-state index in [0.717, 1.165) is 4.90 Å². The van der Waals surface area contributed by atoms with E-state index in [4.69, 9.17) is 5.11 Å². The molecule has 0 aromatic rings. The maximum absolute atomic E-state index is 12.5. The van der Waals surface area contributed by atoms with Crippen LogP contribution in [0.2, 0.25) is 0 Å². The van der Waals surface area contributed by atoms with E-state index in [2.05, 4.69) is 0 Å². The van der Waals surface area contributed by atoms with Gasteiger partial charge in [-0.05, 0) is 21.6 Å². The highest BCUT2D eigenvalue weighted by atomic mass is 32.2. The summed E-state index contributed by atoms with van der Waals surface area (Å²) in [7, 11) is -1.91. The minimum absolute atomic E-state index is 0.462. The Kier molecular flexibility index (Phi) is 3.60. The molecule has 0 atom stereocenters. The van der Waals surface area contributed by atoms with E-state index in [1.165, 1.54) is 0 Å². The molecule has 0 saturated heterocycles. The van der Waals surface area contributed by atoms with Crippen molar-refractivity contribution < 1.29 is 19.5 Å². The van der Waals surface area contributed by atoms with Crippen molar-refractivity contribution in [2.24, 2.45) is 0 Å². The van der Waals surface area contributed by atoms with E-state index in [0.29, 0.717) is 9.81 Å². The van der Waals surface area contributed by atoms with Crippen LogP contribution in [0.5, 0.6) is 0 Å². The Bertz CT molecular complexity index is 613. The van der Waals surface area contributed by atoms with Gasteiger partial charge >= 0.3 is 5.97 Å². The van der Waals surface area contributed by atoms with Gasteiger partial charge in [-0.15, -0.1) is 0 Å². The number of carbonyl (C=O) groups excluding carboxylic acids is 2. The molecule has 0 unspecified atom stereocenters. The molecule has 0 fully saturated rings. The van der Waals surface area contributed by atoms with Crippen molar-refractivity contribution in [1.29, 1.82) is 0 Å². The summed E-state index contributed by atoms with van der Waals surface area (Å²) in [5.41, 5.74) is 0. The number of amides is 2. The highest BCUT2D eigenvalue weighted by Gasteiger charge is 2.42. The topological polar surface area (TPSA) is 74.7 Å². The zero-order valence-electron chi connectivity index (χ0n) is 10.8. The number of allylic oxidation sites excluding steroid dienone is 4. The number of imide groups is 1. The maximum Gasteiger partial charge on any atom is 0.323 e. The Hall–Kier alpha value is -1.99. The lowest BCUT2D eigenvalue weighted by molar-refractivity contribution is -0.147. The Morgan fingerprint density at radius 1 is 0.905 bits per heavy atom. The van der Waals surface area contributed by atoms with Gasteiger partial charge in [0.1, 0.15) is 6.54 Å². The van der Waals surface area contributed by atoms with Gasteiger partial charge in [-0.25, -0.2) is 0 Å². The fourth-order valence-corrected chi connectivity index (χ4v) is 6.25. The lowest BCUT2D eigenvalue weighted by atomic mass is 10.5. The van der Waals surface area contributed by atoms with Crippen molar-refractivity contribution in [1.82, 2.24) is 4.90 Å². The Labute approximate surface area is 126 Å². The van der Waals surface area contributed by atoms with Gasteiger partial charge < -0.3 is 5.11 Å². The third kappa shape index (κ3) is 2.38. The second-order valence-electron chi connectivity index (χ2n) is 4.47. The monoisotopic (exact) mass is 323 g/mol. The zero-order chi connectivity index (χ0) is 15.0. The summed E-state index contributed by atoms with van der Waals surface area (Å²) in [4.78, 5) is 37.7. The number of hydrogen-bond acceptors (Lipinski definition) is 3. The molecule has 0 bridgehead atoms. The first-order valence-electron chi connectivity index (χ1n) is 6.18. The lowest BCUT2D eigenvalue weighted by Gasteiger charge is -2.15. The van der Waals surface area contributed by atoms with Crippen LogP contribution in [0.1, 0.15) is 0 Å². The molecule has 1 N–H and O–H groups in total. The summed E-state index contributed by atoms with van der Waals surface area (Å²) < 4.78 is 0. The highest BCUT2D eigenvalue weighted by molar-refractivity contribution is 8.29. The molecule has 3 aliphatic heterocycles. The SMILES string of the molecule is O=C(O)CN1C(=O)C([SH]2C=CC=C2)=C([SH]2C=CC=C2)C1=O. The Morgan fingerprint density at radius 2 is 1.29 bits per heavy atom. The molecule has 0 aromatic heterocycles. The predicted molar refractivity (Wildman–Crippen MR) is 85.9 cm³/mol. The van der Waals surface area contributed by atoms with E-state index < -0.39 is 46.1 Å². The molecular formula is C14H13NO4S2. The van der Waals surface area contributed by atoms with Crippen molar-refractivity contribution in [2.45, 2.75) is 0 Å². The van der Waals surface area contributed by atoms with Crippen LogP contribution in [0.25, 0.3) is 0 Å². The first-order chi connectivity index (χ1) is 10.1. The average Bonchev–Trinajstić information content (AvgIpc) is 3.14. The van der Waals surface area contributed by atoms with E-state index >= 15 is 0 Å². The molecule has 3 aliphatic rings. The van der Waals surface area contributed by atoms with Crippen LogP contribution in [-0.4, -0.2) is 34.3 Å². The molecule has 21 heavy (non-hydrogen) atoms. The normalized spacial score (nSPS) is 23.3. The summed E-state index contributed by atoms with van der Waals surface area (Å²) in [6.45, 7) is -0.585. The second kappa shape index (κ2) is 5.42. The molecule has 0 aromatic carbocycles. The quantitative estimate of drug-likeness (QED) is 0.544. The van der Waals surface area contributed by atoms with Crippen LogP contribution in [0, 0.1) is 0 Å². The van der Waals surface area contributed by atoms with Crippen molar-refractivity contribution in [2.75, 3.05) is 6.54 Å². The minimum atomic E-state index is -1.19. The van der Waals surface area contributed by atoms with Crippen molar-refractivity contribution >= 4 is 39.6 Å². The van der Waals surface area contributed by atoms with Gasteiger partial charge in [0.15, 0.2) is 0 Å². The van der Waals surface area contributed by atoms with Gasteiger partial charge in [0.05, 0.1) is 9.81 Å². The summed E-state index contributed by atoms with van der Waals surface area (Å²) in [6, 6.07) is 0. The number of thiol groups is 2. The molecule has 0 saturated carbocycles. The van der Waals surface area contributed by atoms with E-state index in [9.17, 15) is 14.4 Å². The van der Waals surface area contributed by atoms with Crippen LogP contribution >= 0.6 is 21.8 Å². The van der Waals surface area contributed by atoms with Crippen molar-refractivity contribution in [3.63, 3.8) is 0 Å². The molecule has 0 aliphatic carbocycles. The molecule has 2 amide bonds. The van der Waals surface area contributed by atoms with Gasteiger partial charge in [0.25, 0.3) is 11.8 Å². The van der Waals surface area contributed by atoms with Crippen LogP contribution in [0.15, 0.2) is 55.7 Å². The van der Waals surface area contributed by atoms with Gasteiger partial charge in [-0.1, -0.05) is 24.3 Å². The van der Waals surface area contributed by atoms with Crippen LogP contribution < -0.4 is 0 Å². The van der Waals surface area contributed by atoms with E-state index in [1.54, 1.807) is 0 Å². The van der Waals surface area contributed by atoms with E-state index in [1.807, 2.05) is 45.9 Å². The standard InChI is InChI=1S/C14H13NO4S2/c16-10(17)9-15-13(18)11(20-5-1-2-6-20)12(14(15)19)21-7-3-4-8-21/h1-8,20-21H,9H2,(H,16,17). The number of carboxylic acids is 1. The summed E-state index contributed by atoms with van der Waals surface area (Å²) in [5, 5.41) is 16.5. The van der Waals surface area contributed by atoms with Gasteiger partial charge in [-0.3, -0.25) is 19.3 Å². The molecule has 7 heteroatoms. The third-order valence-electron chi connectivity index (χ3n) is 3.14. The van der Waals surface area contributed by atoms with Gasteiger partial charge in [-0.2, -0.15) is 21.8 Å². The molecule has 5 nitrogen and oxygen atoms in total. The molecule has 0 radical (unpaired) electrons. The summed E-state index contributed by atoms with van der Waals surface area (Å²) >= 11 is 0. The summed E-state index contributed by atoms with van der Waals surface area (Å²) in [6.07, 6.45) is 7.39. The predicted octanol–water partition coefficient (Wildman–Crippen LogP) is 1.74. The molecule has 0 spiro atoms. The van der Waals surface area contributed by atoms with Gasteiger partial charge in [0, 0.05) is 0 Å². The summed E-state index contributed by atoms with van der Waals surface area (Å²) in [5.74, 6) is -2.11. The largest absolute Gasteiger partial charge is 0.480 e. The van der Waals surface area contributed by atoms with E-state index in [-0.39, 0.29) is 0 Å². The second-order valence-corrected chi connectivity index (χ2v) is 8.18. The smallest absolute Gasteiger partial charge is 0.323 e. The molecule has 3 heterocycles. The minimum Gasteiger partial charge on any atom is -0.480 e. The van der Waals surface area contributed by atoms with Gasteiger partial charge in [0.2, 0.25) is 0 Å². The number of nitrogens with zero attached hydrogens (tertiary/aromatic N) is 1. The molecule has 110 valence electrons. The van der Waals surface area contributed by atoms with Crippen LogP contribution in [0.3, 0.4) is 0 Å². The molecular weight excluding hydrogens is 310 g/mol. The fourth-order valence-electron chi connectivity index (χ4n) is 2.26. The average molecular weight is 323 g/mol.